The van der Waals surface area contributed by atoms with Crippen molar-refractivity contribution in [1.82, 2.24) is 0 Å². The second-order valence-corrected chi connectivity index (χ2v) is 4.83. The van der Waals surface area contributed by atoms with Crippen LogP contribution in [0.2, 0.25) is 0 Å². The number of rotatable bonds is 3. The first-order valence-electron chi connectivity index (χ1n) is 5.38. The molecule has 2 N–H and O–H groups in total. The minimum atomic E-state index is -4.67. The van der Waals surface area contributed by atoms with E-state index in [1.54, 1.807) is 6.07 Å². The fourth-order valence-corrected chi connectivity index (χ4v) is 2.72. The Bertz CT molecular complexity index is 565. The Kier molecular flexibility index (Phi) is 3.34. The summed E-state index contributed by atoms with van der Waals surface area (Å²) in [5, 5.41) is 0.580. The fourth-order valence-electron chi connectivity index (χ4n) is 1.74. The predicted molar refractivity (Wildman–Crippen MR) is 63.4 cm³/mol. The molecule has 0 aliphatic heterocycles. The standard InChI is InChI=1S/C11H11F3N2OS/c1-2-5-16-8-4-3-7(17-11(12,13)14)6-9(8)18-10(16)15/h3-4,6,15H,2,5H2,1H3/p+1. The number of hydrogen-bond donors (Lipinski definition) is 1. The number of thiazole rings is 1. The van der Waals surface area contributed by atoms with Crippen LogP contribution in [0.1, 0.15) is 13.3 Å². The van der Waals surface area contributed by atoms with E-state index >= 15 is 0 Å². The van der Waals surface area contributed by atoms with Crippen molar-refractivity contribution >= 4 is 26.7 Å². The highest BCUT2D eigenvalue weighted by atomic mass is 32.1. The molecule has 0 atom stereocenters. The first kappa shape index (κ1) is 12.9. The van der Waals surface area contributed by atoms with Crippen LogP contribution in [0.5, 0.6) is 5.75 Å². The van der Waals surface area contributed by atoms with Gasteiger partial charge in [-0.05, 0) is 29.9 Å². The highest BCUT2D eigenvalue weighted by Gasteiger charge is 2.31. The normalized spacial score (nSPS) is 12.0. The SMILES string of the molecule is CCC[n+]1c(N)sc2cc(OC(F)(F)F)ccc21. The second kappa shape index (κ2) is 4.64. The van der Waals surface area contributed by atoms with Crippen molar-refractivity contribution in [3.05, 3.63) is 18.2 Å². The molecule has 7 heteroatoms. The number of fused-ring (bicyclic) bond motifs is 1. The van der Waals surface area contributed by atoms with Crippen molar-refractivity contribution in [2.45, 2.75) is 26.3 Å². The van der Waals surface area contributed by atoms with Gasteiger partial charge in [-0.25, -0.2) is 4.57 Å². The van der Waals surface area contributed by atoms with Crippen molar-refractivity contribution in [2.75, 3.05) is 5.73 Å². The number of aromatic nitrogens is 1. The molecular formula is C11H12F3N2OS+. The summed E-state index contributed by atoms with van der Waals surface area (Å²) in [5.74, 6) is -0.222. The smallest absolute Gasteiger partial charge is 0.406 e. The molecular weight excluding hydrogens is 265 g/mol. The number of alkyl halides is 3. The molecule has 98 valence electrons. The van der Waals surface area contributed by atoms with Gasteiger partial charge in [-0.15, -0.1) is 13.2 Å². The lowest BCUT2D eigenvalue weighted by atomic mass is 10.3. The van der Waals surface area contributed by atoms with Crippen molar-refractivity contribution in [1.29, 1.82) is 0 Å². The van der Waals surface area contributed by atoms with E-state index in [0.29, 0.717) is 9.83 Å². The first-order chi connectivity index (χ1) is 8.40. The zero-order valence-corrected chi connectivity index (χ0v) is 10.4. The lowest BCUT2D eigenvalue weighted by Crippen LogP contribution is -2.34. The minimum Gasteiger partial charge on any atom is -0.406 e. The van der Waals surface area contributed by atoms with E-state index in [-0.39, 0.29) is 5.75 Å². The maximum Gasteiger partial charge on any atom is 0.573 e. The van der Waals surface area contributed by atoms with Gasteiger partial charge >= 0.3 is 11.5 Å². The fraction of sp³-hybridized carbons (Fsp3) is 0.364. The van der Waals surface area contributed by atoms with Crippen LogP contribution in [-0.2, 0) is 6.54 Å². The third kappa shape index (κ3) is 2.66. The highest BCUT2D eigenvalue weighted by molar-refractivity contribution is 7.21. The molecule has 0 amide bonds. The summed E-state index contributed by atoms with van der Waals surface area (Å²) in [6.07, 6.45) is -3.77. The van der Waals surface area contributed by atoms with Crippen LogP contribution in [0.25, 0.3) is 10.2 Å². The predicted octanol–water partition coefficient (Wildman–Crippen LogP) is 3.08. The van der Waals surface area contributed by atoms with Crippen LogP contribution in [0.15, 0.2) is 18.2 Å². The van der Waals surface area contributed by atoms with Crippen molar-refractivity contribution in [3.63, 3.8) is 0 Å². The van der Waals surface area contributed by atoms with Crippen LogP contribution >= 0.6 is 11.3 Å². The monoisotopic (exact) mass is 277 g/mol. The van der Waals surface area contributed by atoms with E-state index in [1.807, 2.05) is 11.5 Å². The molecule has 0 aliphatic rings. The summed E-state index contributed by atoms with van der Waals surface area (Å²) in [6.45, 7) is 2.75. The third-order valence-corrected chi connectivity index (χ3v) is 3.36. The molecule has 0 spiro atoms. The van der Waals surface area contributed by atoms with E-state index in [2.05, 4.69) is 4.74 Å². The van der Waals surface area contributed by atoms with Crippen LogP contribution in [0.3, 0.4) is 0 Å². The molecule has 0 aliphatic carbocycles. The van der Waals surface area contributed by atoms with E-state index in [1.165, 1.54) is 23.5 Å². The average molecular weight is 277 g/mol. The van der Waals surface area contributed by atoms with Gasteiger partial charge in [0.05, 0.1) is 11.2 Å². The maximum absolute atomic E-state index is 12.1. The molecule has 1 aromatic heterocycles. The Labute approximate surface area is 106 Å². The van der Waals surface area contributed by atoms with Crippen LogP contribution < -0.4 is 15.0 Å². The molecule has 3 nitrogen and oxygen atoms in total. The molecule has 0 fully saturated rings. The van der Waals surface area contributed by atoms with Crippen molar-refractivity contribution in [2.24, 2.45) is 0 Å². The number of halogens is 3. The summed E-state index contributed by atoms with van der Waals surface area (Å²) >= 11 is 1.25. The highest BCUT2D eigenvalue weighted by Crippen LogP contribution is 2.29. The number of hydrogen-bond acceptors (Lipinski definition) is 3. The lowest BCUT2D eigenvalue weighted by molar-refractivity contribution is -0.653. The summed E-state index contributed by atoms with van der Waals surface area (Å²) in [6, 6.07) is 4.25. The Hall–Kier alpha value is -1.50. The minimum absolute atomic E-state index is 0.222. The number of benzene rings is 1. The van der Waals surface area contributed by atoms with E-state index in [4.69, 9.17) is 5.73 Å². The molecule has 1 aromatic carbocycles. The lowest BCUT2D eigenvalue weighted by Gasteiger charge is -2.08. The number of anilines is 1. The molecule has 1 heterocycles. The molecule has 2 aromatic rings. The van der Waals surface area contributed by atoms with Gasteiger partial charge in [-0.2, -0.15) is 0 Å². The van der Waals surface area contributed by atoms with Gasteiger partial charge in [0.1, 0.15) is 11.3 Å². The second-order valence-electron chi connectivity index (χ2n) is 3.77. The Balaban J connectivity index is 2.41. The molecule has 0 saturated heterocycles. The van der Waals surface area contributed by atoms with E-state index in [0.717, 1.165) is 18.5 Å². The number of nitrogens with zero attached hydrogens (tertiary/aromatic N) is 1. The van der Waals surface area contributed by atoms with Gasteiger partial charge in [0.25, 0.3) is 0 Å². The zero-order valence-electron chi connectivity index (χ0n) is 9.62. The quantitative estimate of drug-likeness (QED) is 0.876. The number of nitrogen functional groups attached to an aromatic ring is 1. The largest absolute Gasteiger partial charge is 0.573 e. The summed E-state index contributed by atoms with van der Waals surface area (Å²) in [7, 11) is 0. The molecule has 0 unspecified atom stereocenters. The van der Waals surface area contributed by atoms with Gasteiger partial charge in [-0.1, -0.05) is 6.92 Å². The molecule has 0 saturated carbocycles. The van der Waals surface area contributed by atoms with Gasteiger partial charge in [-0.3, -0.25) is 5.73 Å². The van der Waals surface area contributed by atoms with Gasteiger partial charge in [0, 0.05) is 6.07 Å². The van der Waals surface area contributed by atoms with E-state index in [9.17, 15) is 13.2 Å². The number of ether oxygens (including phenoxy) is 1. The number of nitrogens with two attached hydrogens (primary N) is 1. The van der Waals surface area contributed by atoms with Crippen LogP contribution in [-0.4, -0.2) is 6.36 Å². The third-order valence-electron chi connectivity index (χ3n) is 2.38. The zero-order chi connectivity index (χ0) is 13.3. The Morgan fingerprint density at radius 2 is 2.11 bits per heavy atom. The topological polar surface area (TPSA) is 39.1 Å². The molecule has 2 rings (SSSR count). The molecule has 0 radical (unpaired) electrons. The maximum atomic E-state index is 12.1. The molecule has 0 bridgehead atoms. The van der Waals surface area contributed by atoms with Crippen molar-refractivity contribution in [3.8, 4) is 5.75 Å². The summed E-state index contributed by atoms with van der Waals surface area (Å²) in [4.78, 5) is 0. The summed E-state index contributed by atoms with van der Waals surface area (Å²) in [5.41, 5.74) is 6.66. The Morgan fingerprint density at radius 1 is 1.39 bits per heavy atom. The Morgan fingerprint density at radius 3 is 2.72 bits per heavy atom. The first-order valence-corrected chi connectivity index (χ1v) is 6.20. The van der Waals surface area contributed by atoms with Gasteiger partial charge < -0.3 is 4.74 Å². The van der Waals surface area contributed by atoms with Crippen molar-refractivity contribution < 1.29 is 22.5 Å². The molecule has 18 heavy (non-hydrogen) atoms. The van der Waals surface area contributed by atoms with Crippen LogP contribution in [0, 0.1) is 0 Å². The van der Waals surface area contributed by atoms with Gasteiger partial charge in [0.2, 0.25) is 0 Å². The average Bonchev–Trinajstić information content (AvgIpc) is 2.53. The summed E-state index contributed by atoms with van der Waals surface area (Å²) < 4.78 is 42.7. The van der Waals surface area contributed by atoms with E-state index < -0.39 is 6.36 Å². The van der Waals surface area contributed by atoms with Crippen LogP contribution in [0.4, 0.5) is 18.3 Å². The number of aryl methyl sites for hydroxylation is 1. The van der Waals surface area contributed by atoms with Gasteiger partial charge in [0.15, 0.2) is 0 Å².